The van der Waals surface area contributed by atoms with Gasteiger partial charge in [0.1, 0.15) is 5.82 Å². The highest BCUT2D eigenvalue weighted by molar-refractivity contribution is 7.95. The maximum Gasteiger partial charge on any atom is 0.255 e. The molecule has 0 saturated carbocycles. The van der Waals surface area contributed by atoms with Crippen LogP contribution < -0.4 is 15.8 Å². The van der Waals surface area contributed by atoms with Crippen molar-refractivity contribution in [3.05, 3.63) is 101 Å². The zero-order valence-corrected chi connectivity index (χ0v) is 16.9. The Hall–Kier alpha value is -3.98. The zero-order valence-electron chi connectivity index (χ0n) is 16.1. The van der Waals surface area contributed by atoms with E-state index < -0.39 is 27.7 Å². The Labute approximate surface area is 178 Å². The summed E-state index contributed by atoms with van der Waals surface area (Å²) in [6.07, 6.45) is 1.47. The molecule has 0 heterocycles. The fourth-order valence-electron chi connectivity index (χ4n) is 2.62. The summed E-state index contributed by atoms with van der Waals surface area (Å²) >= 11 is 0. The molecule has 0 saturated heterocycles. The molecule has 0 aromatic heterocycles. The quantitative estimate of drug-likeness (QED) is 0.521. The summed E-state index contributed by atoms with van der Waals surface area (Å²) in [6, 6.07) is 18.1. The summed E-state index contributed by atoms with van der Waals surface area (Å²) in [5, 5.41) is 3.57. The lowest BCUT2D eigenvalue weighted by Gasteiger charge is -2.08. The second-order valence-electron chi connectivity index (χ2n) is 6.45. The molecule has 0 radical (unpaired) electrons. The summed E-state index contributed by atoms with van der Waals surface area (Å²) in [5.74, 6) is -2.27. The van der Waals surface area contributed by atoms with Crippen molar-refractivity contribution in [2.75, 3.05) is 10.0 Å². The van der Waals surface area contributed by atoms with Crippen LogP contribution in [0.1, 0.15) is 26.3 Å². The third kappa shape index (κ3) is 6.00. The van der Waals surface area contributed by atoms with Gasteiger partial charge < -0.3 is 11.1 Å². The van der Waals surface area contributed by atoms with Crippen LogP contribution in [0.2, 0.25) is 0 Å². The third-order valence-corrected chi connectivity index (χ3v) is 5.15. The van der Waals surface area contributed by atoms with Gasteiger partial charge in [0.2, 0.25) is 0 Å². The van der Waals surface area contributed by atoms with Crippen LogP contribution in [-0.2, 0) is 10.0 Å². The van der Waals surface area contributed by atoms with Gasteiger partial charge in [-0.25, -0.2) is 12.8 Å². The first kappa shape index (κ1) is 21.7. The number of benzene rings is 3. The number of halogens is 1. The average Bonchev–Trinajstić information content (AvgIpc) is 2.74. The summed E-state index contributed by atoms with van der Waals surface area (Å²) in [7, 11) is -3.74. The van der Waals surface area contributed by atoms with Gasteiger partial charge in [0.15, 0.2) is 0 Å². The topological polar surface area (TPSA) is 118 Å². The van der Waals surface area contributed by atoms with Crippen molar-refractivity contribution in [3.63, 3.8) is 0 Å². The molecule has 4 N–H and O–H groups in total. The van der Waals surface area contributed by atoms with Gasteiger partial charge in [0.25, 0.3) is 21.8 Å². The number of carbonyl (C=O) groups excluding carboxylic acids is 2. The lowest BCUT2D eigenvalue weighted by atomic mass is 10.1. The third-order valence-electron chi connectivity index (χ3n) is 4.14. The van der Waals surface area contributed by atoms with Crippen LogP contribution in [0.4, 0.5) is 15.8 Å². The number of sulfonamides is 1. The molecule has 0 aliphatic rings. The first-order valence-corrected chi connectivity index (χ1v) is 10.5. The molecular formula is C22H18FN3O4S. The van der Waals surface area contributed by atoms with Crippen LogP contribution >= 0.6 is 0 Å². The van der Waals surface area contributed by atoms with Crippen LogP contribution in [0.5, 0.6) is 0 Å². The normalized spacial score (nSPS) is 11.3. The number of anilines is 2. The molecule has 0 aliphatic carbocycles. The van der Waals surface area contributed by atoms with E-state index in [-0.39, 0.29) is 22.5 Å². The van der Waals surface area contributed by atoms with E-state index in [1.54, 1.807) is 24.3 Å². The second kappa shape index (κ2) is 9.23. The Bertz CT molecular complexity index is 1240. The molecular weight excluding hydrogens is 421 g/mol. The number of nitrogens with two attached hydrogens (primary N) is 1. The molecule has 158 valence electrons. The van der Waals surface area contributed by atoms with Gasteiger partial charge in [-0.2, -0.15) is 0 Å². The monoisotopic (exact) mass is 439 g/mol. The molecule has 3 aromatic rings. The van der Waals surface area contributed by atoms with Crippen molar-refractivity contribution < 1.29 is 22.4 Å². The van der Waals surface area contributed by atoms with E-state index in [0.29, 0.717) is 0 Å². The van der Waals surface area contributed by atoms with E-state index in [1.807, 2.05) is 6.07 Å². The van der Waals surface area contributed by atoms with E-state index in [2.05, 4.69) is 10.0 Å². The highest BCUT2D eigenvalue weighted by atomic mass is 32.2. The van der Waals surface area contributed by atoms with Gasteiger partial charge in [0, 0.05) is 16.9 Å². The maximum absolute atomic E-state index is 13.5. The predicted octanol–water partition coefficient (Wildman–Crippen LogP) is 3.59. The van der Waals surface area contributed by atoms with Crippen LogP contribution in [-0.4, -0.2) is 20.2 Å². The molecule has 0 bridgehead atoms. The number of rotatable bonds is 7. The molecule has 0 spiro atoms. The molecule has 0 aliphatic heterocycles. The highest BCUT2D eigenvalue weighted by Crippen LogP contribution is 2.17. The van der Waals surface area contributed by atoms with Crippen molar-refractivity contribution in [2.24, 2.45) is 5.73 Å². The molecule has 9 heteroatoms. The number of nitrogens with one attached hydrogen (secondary N) is 2. The number of primary amides is 1. The van der Waals surface area contributed by atoms with Crippen molar-refractivity contribution in [1.82, 2.24) is 0 Å². The zero-order chi connectivity index (χ0) is 22.4. The number of hydrogen-bond acceptors (Lipinski definition) is 4. The van der Waals surface area contributed by atoms with Gasteiger partial charge in [0.05, 0.1) is 11.0 Å². The Kier molecular flexibility index (Phi) is 6.46. The minimum Gasteiger partial charge on any atom is -0.366 e. The van der Waals surface area contributed by atoms with E-state index >= 15 is 0 Å². The van der Waals surface area contributed by atoms with E-state index in [1.165, 1.54) is 36.4 Å². The Morgan fingerprint density at radius 2 is 1.55 bits per heavy atom. The van der Waals surface area contributed by atoms with Gasteiger partial charge in [-0.05, 0) is 54.1 Å². The minimum absolute atomic E-state index is 0.191. The standard InChI is InChI=1S/C22H18FN3O4S/c23-20-11-10-18(14-19(20)21(24)27)25-22(28)16-6-8-17(9-7-16)26-31(29,30)13-12-15-4-2-1-3-5-15/h1-14,26H,(H2,24,27)(H,25,28)/b13-12+. The van der Waals surface area contributed by atoms with Gasteiger partial charge in [-0.3, -0.25) is 14.3 Å². The number of carbonyl (C=O) groups is 2. The fraction of sp³-hybridized carbons (Fsp3) is 0. The van der Waals surface area contributed by atoms with Crippen molar-refractivity contribution >= 4 is 39.3 Å². The highest BCUT2D eigenvalue weighted by Gasteiger charge is 2.12. The first-order valence-electron chi connectivity index (χ1n) is 9.00. The molecule has 7 nitrogen and oxygen atoms in total. The molecule has 0 fully saturated rings. The summed E-state index contributed by atoms with van der Waals surface area (Å²) in [6.45, 7) is 0. The Morgan fingerprint density at radius 3 is 2.19 bits per heavy atom. The molecule has 3 aromatic carbocycles. The Balaban J connectivity index is 1.67. The largest absolute Gasteiger partial charge is 0.366 e. The van der Waals surface area contributed by atoms with E-state index in [9.17, 15) is 22.4 Å². The van der Waals surface area contributed by atoms with Crippen LogP contribution in [0.25, 0.3) is 6.08 Å². The lowest BCUT2D eigenvalue weighted by Crippen LogP contribution is -2.16. The predicted molar refractivity (Wildman–Crippen MR) is 117 cm³/mol. The van der Waals surface area contributed by atoms with Crippen molar-refractivity contribution in [3.8, 4) is 0 Å². The maximum atomic E-state index is 13.5. The Morgan fingerprint density at radius 1 is 0.903 bits per heavy atom. The lowest BCUT2D eigenvalue weighted by molar-refractivity contribution is 0.0992. The number of amides is 2. The van der Waals surface area contributed by atoms with Crippen LogP contribution in [0, 0.1) is 5.82 Å². The molecule has 31 heavy (non-hydrogen) atoms. The van der Waals surface area contributed by atoms with Gasteiger partial charge in [-0.15, -0.1) is 0 Å². The van der Waals surface area contributed by atoms with Crippen molar-refractivity contribution in [1.29, 1.82) is 0 Å². The van der Waals surface area contributed by atoms with Crippen LogP contribution in [0.3, 0.4) is 0 Å². The second-order valence-corrected chi connectivity index (χ2v) is 8.02. The fourth-order valence-corrected chi connectivity index (χ4v) is 3.48. The van der Waals surface area contributed by atoms with Crippen LogP contribution in [0.15, 0.2) is 78.2 Å². The summed E-state index contributed by atoms with van der Waals surface area (Å²) in [5.41, 5.74) is 6.18. The summed E-state index contributed by atoms with van der Waals surface area (Å²) < 4.78 is 40.3. The summed E-state index contributed by atoms with van der Waals surface area (Å²) in [4.78, 5) is 23.6. The smallest absolute Gasteiger partial charge is 0.255 e. The molecule has 3 rings (SSSR count). The van der Waals surface area contributed by atoms with Gasteiger partial charge >= 0.3 is 0 Å². The molecule has 0 atom stereocenters. The van der Waals surface area contributed by atoms with Gasteiger partial charge in [-0.1, -0.05) is 30.3 Å². The number of hydrogen-bond donors (Lipinski definition) is 3. The first-order chi connectivity index (χ1) is 14.7. The van der Waals surface area contributed by atoms with Crippen molar-refractivity contribution in [2.45, 2.75) is 0 Å². The molecule has 0 unspecified atom stereocenters. The average molecular weight is 439 g/mol. The minimum atomic E-state index is -3.74. The van der Waals surface area contributed by atoms with E-state index in [0.717, 1.165) is 23.1 Å². The SMILES string of the molecule is NC(=O)c1cc(NC(=O)c2ccc(NS(=O)(=O)/C=C/c3ccccc3)cc2)ccc1F. The van der Waals surface area contributed by atoms with E-state index in [4.69, 9.17) is 5.73 Å². The molecule has 2 amide bonds.